The SMILES string of the molecule is CCC1=CC(CC)CO1. The summed E-state index contributed by atoms with van der Waals surface area (Å²) >= 11 is 0. The summed E-state index contributed by atoms with van der Waals surface area (Å²) in [7, 11) is 0. The van der Waals surface area contributed by atoms with E-state index in [1.54, 1.807) is 0 Å². The number of rotatable bonds is 2. The molecule has 0 aromatic heterocycles. The van der Waals surface area contributed by atoms with E-state index in [-0.39, 0.29) is 0 Å². The Morgan fingerprint density at radius 3 is 2.78 bits per heavy atom. The zero-order chi connectivity index (χ0) is 6.69. The fraction of sp³-hybridized carbons (Fsp3) is 0.750. The first kappa shape index (κ1) is 6.66. The maximum absolute atomic E-state index is 5.37. The Hall–Kier alpha value is -0.460. The van der Waals surface area contributed by atoms with Crippen molar-refractivity contribution in [3.8, 4) is 0 Å². The third kappa shape index (κ3) is 1.47. The van der Waals surface area contributed by atoms with Crippen molar-refractivity contribution in [2.75, 3.05) is 6.61 Å². The lowest BCUT2D eigenvalue weighted by Gasteiger charge is -1.99. The zero-order valence-electron chi connectivity index (χ0n) is 6.18. The van der Waals surface area contributed by atoms with Gasteiger partial charge in [-0.05, 0) is 12.5 Å². The first-order chi connectivity index (χ1) is 4.36. The van der Waals surface area contributed by atoms with E-state index in [1.165, 1.54) is 12.2 Å². The second kappa shape index (κ2) is 2.90. The molecule has 0 saturated heterocycles. The van der Waals surface area contributed by atoms with Gasteiger partial charge in [0.2, 0.25) is 0 Å². The Bertz CT molecular complexity index is 116. The summed E-state index contributed by atoms with van der Waals surface area (Å²) in [6.45, 7) is 5.24. The molecule has 1 rings (SSSR count). The fourth-order valence-corrected chi connectivity index (χ4v) is 1.03. The molecule has 1 aliphatic rings. The molecule has 0 radical (unpaired) electrons. The van der Waals surface area contributed by atoms with Crippen LogP contribution in [0.2, 0.25) is 0 Å². The molecule has 52 valence electrons. The number of allylic oxidation sites excluding steroid dienone is 1. The Balaban J connectivity index is 2.40. The minimum atomic E-state index is 0.694. The van der Waals surface area contributed by atoms with Crippen LogP contribution in [0.1, 0.15) is 26.7 Å². The van der Waals surface area contributed by atoms with Crippen molar-refractivity contribution in [1.82, 2.24) is 0 Å². The van der Waals surface area contributed by atoms with Crippen LogP contribution in [0.3, 0.4) is 0 Å². The molecule has 0 saturated carbocycles. The van der Waals surface area contributed by atoms with E-state index < -0.39 is 0 Å². The van der Waals surface area contributed by atoms with Gasteiger partial charge in [0, 0.05) is 12.3 Å². The summed E-state index contributed by atoms with van der Waals surface area (Å²) in [6.07, 6.45) is 4.51. The van der Waals surface area contributed by atoms with Crippen LogP contribution in [0.4, 0.5) is 0 Å². The van der Waals surface area contributed by atoms with Gasteiger partial charge in [-0.15, -0.1) is 0 Å². The molecule has 0 spiro atoms. The van der Waals surface area contributed by atoms with Crippen LogP contribution in [0.5, 0.6) is 0 Å². The third-order valence-corrected chi connectivity index (χ3v) is 1.78. The van der Waals surface area contributed by atoms with Crippen molar-refractivity contribution in [1.29, 1.82) is 0 Å². The summed E-state index contributed by atoms with van der Waals surface area (Å²) in [4.78, 5) is 0. The second-order valence-electron chi connectivity index (χ2n) is 2.47. The maximum atomic E-state index is 5.37. The molecule has 0 fully saturated rings. The molecule has 1 heterocycles. The Morgan fingerprint density at radius 2 is 2.44 bits per heavy atom. The molecule has 0 aromatic carbocycles. The predicted octanol–water partition coefficient (Wildman–Crippen LogP) is 2.34. The van der Waals surface area contributed by atoms with Crippen LogP contribution >= 0.6 is 0 Å². The van der Waals surface area contributed by atoms with Gasteiger partial charge in [-0.2, -0.15) is 0 Å². The minimum absolute atomic E-state index is 0.694. The van der Waals surface area contributed by atoms with Crippen LogP contribution in [-0.4, -0.2) is 6.61 Å². The van der Waals surface area contributed by atoms with E-state index in [1.807, 2.05) is 0 Å². The van der Waals surface area contributed by atoms with Gasteiger partial charge in [0.05, 0.1) is 12.4 Å². The molecular formula is C8H14O. The van der Waals surface area contributed by atoms with Crippen LogP contribution < -0.4 is 0 Å². The normalized spacial score (nSPS) is 25.6. The van der Waals surface area contributed by atoms with Crippen LogP contribution in [0.25, 0.3) is 0 Å². The molecule has 0 bridgehead atoms. The third-order valence-electron chi connectivity index (χ3n) is 1.78. The van der Waals surface area contributed by atoms with E-state index >= 15 is 0 Å². The van der Waals surface area contributed by atoms with Crippen LogP contribution in [0, 0.1) is 5.92 Å². The molecule has 0 amide bonds. The van der Waals surface area contributed by atoms with Gasteiger partial charge >= 0.3 is 0 Å². The molecular weight excluding hydrogens is 112 g/mol. The summed E-state index contributed by atoms with van der Waals surface area (Å²) in [5.74, 6) is 1.88. The van der Waals surface area contributed by atoms with Gasteiger partial charge < -0.3 is 4.74 Å². The average Bonchev–Trinajstić information content (AvgIpc) is 2.34. The van der Waals surface area contributed by atoms with Crippen molar-refractivity contribution >= 4 is 0 Å². The fourth-order valence-electron chi connectivity index (χ4n) is 1.03. The van der Waals surface area contributed by atoms with E-state index in [0.717, 1.165) is 13.0 Å². The molecule has 9 heavy (non-hydrogen) atoms. The van der Waals surface area contributed by atoms with E-state index in [9.17, 15) is 0 Å². The zero-order valence-corrected chi connectivity index (χ0v) is 6.18. The van der Waals surface area contributed by atoms with Gasteiger partial charge in [-0.1, -0.05) is 13.8 Å². The first-order valence-electron chi connectivity index (χ1n) is 3.70. The largest absolute Gasteiger partial charge is 0.498 e. The molecule has 1 unspecified atom stereocenters. The van der Waals surface area contributed by atoms with Crippen molar-refractivity contribution < 1.29 is 4.74 Å². The van der Waals surface area contributed by atoms with Crippen LogP contribution in [-0.2, 0) is 4.74 Å². The van der Waals surface area contributed by atoms with Gasteiger partial charge in [-0.3, -0.25) is 0 Å². The predicted molar refractivity (Wildman–Crippen MR) is 38.1 cm³/mol. The van der Waals surface area contributed by atoms with E-state index in [0.29, 0.717) is 5.92 Å². The lowest BCUT2D eigenvalue weighted by Crippen LogP contribution is -1.94. The van der Waals surface area contributed by atoms with Crippen molar-refractivity contribution in [3.63, 3.8) is 0 Å². The highest BCUT2D eigenvalue weighted by molar-refractivity contribution is 5.01. The highest BCUT2D eigenvalue weighted by Crippen LogP contribution is 2.20. The van der Waals surface area contributed by atoms with Crippen molar-refractivity contribution in [3.05, 3.63) is 11.8 Å². The monoisotopic (exact) mass is 126 g/mol. The maximum Gasteiger partial charge on any atom is 0.0941 e. The van der Waals surface area contributed by atoms with Crippen molar-refractivity contribution in [2.45, 2.75) is 26.7 Å². The van der Waals surface area contributed by atoms with Gasteiger partial charge in [0.1, 0.15) is 0 Å². The highest BCUT2D eigenvalue weighted by Gasteiger charge is 2.12. The molecule has 1 aliphatic heterocycles. The van der Waals surface area contributed by atoms with Gasteiger partial charge in [-0.25, -0.2) is 0 Å². The molecule has 0 N–H and O–H groups in total. The lowest BCUT2D eigenvalue weighted by atomic mass is 10.1. The van der Waals surface area contributed by atoms with E-state index in [2.05, 4.69) is 19.9 Å². The molecule has 1 heteroatoms. The second-order valence-corrected chi connectivity index (χ2v) is 2.47. The van der Waals surface area contributed by atoms with E-state index in [4.69, 9.17) is 4.74 Å². The van der Waals surface area contributed by atoms with Crippen molar-refractivity contribution in [2.24, 2.45) is 5.92 Å². The Labute approximate surface area is 56.7 Å². The highest BCUT2D eigenvalue weighted by atomic mass is 16.5. The molecule has 1 nitrogen and oxygen atoms in total. The number of hydrogen-bond acceptors (Lipinski definition) is 1. The van der Waals surface area contributed by atoms with Gasteiger partial charge in [0.25, 0.3) is 0 Å². The average molecular weight is 126 g/mol. The summed E-state index contributed by atoms with van der Waals surface area (Å²) in [6, 6.07) is 0. The lowest BCUT2D eigenvalue weighted by molar-refractivity contribution is 0.210. The number of ether oxygens (including phenoxy) is 1. The smallest absolute Gasteiger partial charge is 0.0941 e. The Morgan fingerprint density at radius 1 is 1.67 bits per heavy atom. The Kier molecular flexibility index (Phi) is 2.15. The quantitative estimate of drug-likeness (QED) is 0.551. The minimum Gasteiger partial charge on any atom is -0.498 e. The molecule has 0 aliphatic carbocycles. The molecule has 1 atom stereocenters. The van der Waals surface area contributed by atoms with Gasteiger partial charge in [0.15, 0.2) is 0 Å². The topological polar surface area (TPSA) is 9.23 Å². The number of hydrogen-bond donors (Lipinski definition) is 0. The van der Waals surface area contributed by atoms with Crippen LogP contribution in [0.15, 0.2) is 11.8 Å². The summed E-state index contributed by atoms with van der Waals surface area (Å²) in [5, 5.41) is 0. The summed E-state index contributed by atoms with van der Waals surface area (Å²) in [5.41, 5.74) is 0. The summed E-state index contributed by atoms with van der Waals surface area (Å²) < 4.78 is 5.37. The first-order valence-corrected chi connectivity index (χ1v) is 3.70. The molecule has 0 aromatic rings. The standard InChI is InChI=1S/C8H14O/c1-3-7-5-8(4-2)9-6-7/h5,7H,3-4,6H2,1-2H3.